The van der Waals surface area contributed by atoms with Crippen molar-refractivity contribution < 1.29 is 13.5 Å². The molecule has 0 saturated carbocycles. The van der Waals surface area contributed by atoms with Gasteiger partial charge in [-0.3, -0.25) is 0 Å². The second kappa shape index (κ2) is 4.94. The van der Waals surface area contributed by atoms with Crippen LogP contribution in [0.4, 0.5) is 8.78 Å². The van der Waals surface area contributed by atoms with Gasteiger partial charge in [-0.05, 0) is 23.6 Å². The van der Waals surface area contributed by atoms with E-state index in [1.165, 1.54) is 6.07 Å². The average Bonchev–Trinajstić information content (AvgIpc) is 2.16. The van der Waals surface area contributed by atoms with Crippen LogP contribution in [0.25, 0.3) is 0 Å². The van der Waals surface area contributed by atoms with Crippen LogP contribution in [-0.4, -0.2) is 13.3 Å². The number of alkyl halides is 1. The van der Waals surface area contributed by atoms with Crippen LogP contribution in [-0.2, 0) is 0 Å². The fourth-order valence-corrected chi connectivity index (χ4v) is 1.14. The van der Waals surface area contributed by atoms with Gasteiger partial charge in [0.2, 0.25) is 0 Å². The van der Waals surface area contributed by atoms with Gasteiger partial charge in [-0.1, -0.05) is 19.9 Å². The Labute approximate surface area is 82.7 Å². The summed E-state index contributed by atoms with van der Waals surface area (Å²) >= 11 is 0. The Hall–Kier alpha value is -1.12. The lowest BCUT2D eigenvalue weighted by Gasteiger charge is -2.09. The highest BCUT2D eigenvalue weighted by Crippen LogP contribution is 2.23. The van der Waals surface area contributed by atoms with Crippen LogP contribution in [0.2, 0.25) is 0 Å². The van der Waals surface area contributed by atoms with Gasteiger partial charge in [0, 0.05) is 0 Å². The molecule has 0 heterocycles. The summed E-state index contributed by atoms with van der Waals surface area (Å²) in [6.45, 7) is 3.31. The molecule has 0 aliphatic rings. The standard InChI is InChI=1S/C11H14F2O/c1-8(2)9-3-4-10(13)11(7-9)14-6-5-12/h3-4,7-8H,5-6H2,1-2H3. The van der Waals surface area contributed by atoms with Crippen LogP contribution >= 0.6 is 0 Å². The van der Waals surface area contributed by atoms with Gasteiger partial charge in [-0.2, -0.15) is 0 Å². The van der Waals surface area contributed by atoms with Crippen molar-refractivity contribution in [3.8, 4) is 5.75 Å². The molecule has 1 aromatic rings. The normalized spacial score (nSPS) is 10.6. The first-order valence-electron chi connectivity index (χ1n) is 4.63. The number of halogens is 2. The van der Waals surface area contributed by atoms with Crippen molar-refractivity contribution in [3.63, 3.8) is 0 Å². The maximum Gasteiger partial charge on any atom is 0.165 e. The minimum absolute atomic E-state index is 0.0987. The zero-order valence-electron chi connectivity index (χ0n) is 8.39. The third-order valence-corrected chi connectivity index (χ3v) is 1.96. The van der Waals surface area contributed by atoms with Gasteiger partial charge in [0.25, 0.3) is 0 Å². The third-order valence-electron chi connectivity index (χ3n) is 1.96. The van der Waals surface area contributed by atoms with Crippen molar-refractivity contribution in [2.24, 2.45) is 0 Å². The molecule has 0 aromatic heterocycles. The zero-order chi connectivity index (χ0) is 10.6. The Bertz CT molecular complexity index is 297. The first kappa shape index (κ1) is 11.0. The smallest absolute Gasteiger partial charge is 0.165 e. The van der Waals surface area contributed by atoms with E-state index in [2.05, 4.69) is 0 Å². The minimum Gasteiger partial charge on any atom is -0.488 e. The molecule has 0 N–H and O–H groups in total. The average molecular weight is 200 g/mol. The van der Waals surface area contributed by atoms with Crippen molar-refractivity contribution >= 4 is 0 Å². The van der Waals surface area contributed by atoms with Crippen molar-refractivity contribution in [3.05, 3.63) is 29.6 Å². The maximum absolute atomic E-state index is 13.1. The van der Waals surface area contributed by atoms with Gasteiger partial charge in [-0.25, -0.2) is 8.78 Å². The first-order chi connectivity index (χ1) is 6.65. The monoisotopic (exact) mass is 200 g/mol. The van der Waals surface area contributed by atoms with Gasteiger partial charge >= 0.3 is 0 Å². The largest absolute Gasteiger partial charge is 0.488 e. The lowest BCUT2D eigenvalue weighted by molar-refractivity contribution is 0.262. The molecule has 0 spiro atoms. The van der Waals surface area contributed by atoms with E-state index in [1.807, 2.05) is 13.8 Å². The van der Waals surface area contributed by atoms with Crippen molar-refractivity contribution in [1.29, 1.82) is 0 Å². The number of hydrogen-bond donors (Lipinski definition) is 0. The van der Waals surface area contributed by atoms with E-state index in [9.17, 15) is 8.78 Å². The van der Waals surface area contributed by atoms with Crippen LogP contribution < -0.4 is 4.74 Å². The van der Waals surface area contributed by atoms with Gasteiger partial charge in [0.15, 0.2) is 11.6 Å². The van der Waals surface area contributed by atoms with Crippen LogP contribution in [0, 0.1) is 5.82 Å². The highest BCUT2D eigenvalue weighted by Gasteiger charge is 2.06. The number of hydrogen-bond acceptors (Lipinski definition) is 1. The van der Waals surface area contributed by atoms with Crippen molar-refractivity contribution in [2.75, 3.05) is 13.3 Å². The van der Waals surface area contributed by atoms with Crippen LogP contribution in [0.1, 0.15) is 25.3 Å². The molecule has 0 aliphatic carbocycles. The van der Waals surface area contributed by atoms with Gasteiger partial charge in [0.1, 0.15) is 13.3 Å². The second-order valence-electron chi connectivity index (χ2n) is 3.38. The maximum atomic E-state index is 13.1. The summed E-state index contributed by atoms with van der Waals surface area (Å²) in [5.74, 6) is 0.0000246. The third kappa shape index (κ3) is 2.69. The summed E-state index contributed by atoms with van der Waals surface area (Å²) < 4.78 is 29.9. The molecule has 14 heavy (non-hydrogen) atoms. The quantitative estimate of drug-likeness (QED) is 0.724. The van der Waals surface area contributed by atoms with Gasteiger partial charge in [-0.15, -0.1) is 0 Å². The van der Waals surface area contributed by atoms with Crippen molar-refractivity contribution in [1.82, 2.24) is 0 Å². The molecule has 0 saturated heterocycles. The van der Waals surface area contributed by atoms with Gasteiger partial charge < -0.3 is 4.74 Å². The Morgan fingerprint density at radius 1 is 1.36 bits per heavy atom. The highest BCUT2D eigenvalue weighted by molar-refractivity contribution is 5.31. The Morgan fingerprint density at radius 3 is 2.64 bits per heavy atom. The molecule has 0 atom stereocenters. The molecular weight excluding hydrogens is 186 g/mol. The Kier molecular flexibility index (Phi) is 3.86. The van der Waals surface area contributed by atoms with Crippen LogP contribution in [0.15, 0.2) is 18.2 Å². The van der Waals surface area contributed by atoms with E-state index in [4.69, 9.17) is 4.74 Å². The fraction of sp³-hybridized carbons (Fsp3) is 0.455. The van der Waals surface area contributed by atoms with Gasteiger partial charge in [0.05, 0.1) is 0 Å². The highest BCUT2D eigenvalue weighted by atomic mass is 19.1. The molecular formula is C11H14F2O. The van der Waals surface area contributed by atoms with E-state index < -0.39 is 12.5 Å². The predicted octanol–water partition coefficient (Wildman–Crippen LogP) is 3.30. The molecule has 0 unspecified atom stereocenters. The molecule has 0 amide bonds. The zero-order valence-corrected chi connectivity index (χ0v) is 8.39. The molecule has 0 aliphatic heterocycles. The SMILES string of the molecule is CC(C)c1ccc(F)c(OCCF)c1. The van der Waals surface area contributed by atoms with Crippen molar-refractivity contribution in [2.45, 2.75) is 19.8 Å². The van der Waals surface area contributed by atoms with E-state index in [0.29, 0.717) is 5.92 Å². The lowest BCUT2D eigenvalue weighted by atomic mass is 10.0. The summed E-state index contributed by atoms with van der Waals surface area (Å²) in [5, 5.41) is 0. The lowest BCUT2D eigenvalue weighted by Crippen LogP contribution is -2.01. The molecule has 1 nitrogen and oxygen atoms in total. The first-order valence-corrected chi connectivity index (χ1v) is 4.63. The summed E-state index contributed by atoms with van der Waals surface area (Å²) in [5.41, 5.74) is 0.986. The number of benzene rings is 1. The summed E-state index contributed by atoms with van der Waals surface area (Å²) in [7, 11) is 0. The second-order valence-corrected chi connectivity index (χ2v) is 3.38. The summed E-state index contributed by atoms with van der Waals surface area (Å²) in [6, 6.07) is 4.68. The van der Waals surface area contributed by atoms with Crippen LogP contribution in [0.3, 0.4) is 0 Å². The minimum atomic E-state index is -0.606. The molecule has 0 radical (unpaired) electrons. The fourth-order valence-electron chi connectivity index (χ4n) is 1.14. The number of rotatable bonds is 4. The van der Waals surface area contributed by atoms with E-state index in [1.54, 1.807) is 12.1 Å². The molecule has 3 heteroatoms. The topological polar surface area (TPSA) is 9.23 Å². The molecule has 78 valence electrons. The summed E-state index contributed by atoms with van der Waals surface area (Å²) in [4.78, 5) is 0. The molecule has 1 aromatic carbocycles. The number of ether oxygens (including phenoxy) is 1. The molecule has 0 fully saturated rings. The van der Waals surface area contributed by atoms with E-state index >= 15 is 0 Å². The Morgan fingerprint density at radius 2 is 2.07 bits per heavy atom. The summed E-state index contributed by atoms with van der Waals surface area (Å²) in [6.07, 6.45) is 0. The van der Waals surface area contributed by atoms with E-state index in [0.717, 1.165) is 5.56 Å². The predicted molar refractivity (Wildman–Crippen MR) is 52.0 cm³/mol. The Balaban J connectivity index is 2.85. The van der Waals surface area contributed by atoms with E-state index in [-0.39, 0.29) is 12.4 Å². The van der Waals surface area contributed by atoms with Crippen LogP contribution in [0.5, 0.6) is 5.75 Å². The molecule has 0 bridgehead atoms. The molecule has 1 rings (SSSR count).